The lowest BCUT2D eigenvalue weighted by Crippen LogP contribution is -2.09. The van der Waals surface area contributed by atoms with Crippen molar-refractivity contribution in [3.63, 3.8) is 0 Å². The molecule has 0 aliphatic heterocycles. The Morgan fingerprint density at radius 1 is 1.06 bits per heavy atom. The van der Waals surface area contributed by atoms with Crippen LogP contribution >= 0.6 is 0 Å². The fourth-order valence-corrected chi connectivity index (χ4v) is 3.65. The van der Waals surface area contributed by atoms with Crippen molar-refractivity contribution in [1.29, 1.82) is 0 Å². The van der Waals surface area contributed by atoms with Crippen LogP contribution in [0.25, 0.3) is 22.1 Å². The Morgan fingerprint density at radius 3 is 2.75 bits per heavy atom. The first-order valence-corrected chi connectivity index (χ1v) is 10.4. The van der Waals surface area contributed by atoms with Gasteiger partial charge >= 0.3 is 5.97 Å². The number of carbonyl (C=O) groups is 1. The van der Waals surface area contributed by atoms with Gasteiger partial charge < -0.3 is 19.6 Å². The molecule has 0 spiro atoms. The molecule has 0 radical (unpaired) electrons. The fraction of sp³-hybridized carbons (Fsp3) is 0.192. The van der Waals surface area contributed by atoms with Gasteiger partial charge in [0, 0.05) is 29.1 Å². The van der Waals surface area contributed by atoms with Gasteiger partial charge in [-0.25, -0.2) is 4.39 Å². The first-order valence-electron chi connectivity index (χ1n) is 10.4. The van der Waals surface area contributed by atoms with Crippen LogP contribution in [0.4, 0.5) is 4.39 Å². The average molecular weight is 433 g/mol. The molecule has 164 valence electrons. The monoisotopic (exact) mass is 433 g/mol. The molecule has 4 rings (SSSR count). The smallest absolute Gasteiger partial charge is 0.310 e. The van der Waals surface area contributed by atoms with Crippen LogP contribution in [-0.2, 0) is 29.1 Å². The van der Waals surface area contributed by atoms with Gasteiger partial charge in [0.2, 0.25) is 0 Å². The highest BCUT2D eigenvalue weighted by Crippen LogP contribution is 2.32. The Balaban J connectivity index is 1.63. The second-order valence-corrected chi connectivity index (χ2v) is 7.41. The van der Waals surface area contributed by atoms with Crippen LogP contribution in [0.2, 0.25) is 0 Å². The van der Waals surface area contributed by atoms with Gasteiger partial charge in [-0.3, -0.25) is 4.79 Å². The Labute approximate surface area is 185 Å². The summed E-state index contributed by atoms with van der Waals surface area (Å²) in [6, 6.07) is 18.0. The third-order valence-electron chi connectivity index (χ3n) is 5.15. The van der Waals surface area contributed by atoms with Crippen LogP contribution in [0.3, 0.4) is 0 Å². The molecule has 5 nitrogen and oxygen atoms in total. The maximum Gasteiger partial charge on any atom is 0.310 e. The molecule has 0 fully saturated rings. The number of furan rings is 1. The number of fused-ring (bicyclic) bond motifs is 1. The number of rotatable bonds is 8. The molecule has 0 atom stereocenters. The zero-order chi connectivity index (χ0) is 22.5. The van der Waals surface area contributed by atoms with Crippen molar-refractivity contribution in [3.8, 4) is 16.9 Å². The Bertz CT molecular complexity index is 1250. The number of carbonyl (C=O) groups excluding carboxylic acids is 1. The molecule has 0 bridgehead atoms. The van der Waals surface area contributed by atoms with Crippen LogP contribution in [0.15, 0.2) is 71.3 Å². The molecular formula is C26H24FNO4. The SMILES string of the molecule is CCOC(=O)Cc1ccc(F)cc1OCc1cc(-c2cccc(CN)c2)c2occc2c1. The lowest BCUT2D eigenvalue weighted by Gasteiger charge is -2.13. The highest BCUT2D eigenvalue weighted by Gasteiger charge is 2.14. The maximum atomic E-state index is 13.9. The van der Waals surface area contributed by atoms with Crippen LogP contribution in [0.1, 0.15) is 23.6 Å². The highest BCUT2D eigenvalue weighted by atomic mass is 19.1. The van der Waals surface area contributed by atoms with E-state index in [0.717, 1.165) is 33.2 Å². The van der Waals surface area contributed by atoms with Crippen molar-refractivity contribution >= 4 is 16.9 Å². The largest absolute Gasteiger partial charge is 0.488 e. The summed E-state index contributed by atoms with van der Waals surface area (Å²) in [5.41, 5.74) is 11.0. The van der Waals surface area contributed by atoms with Crippen molar-refractivity contribution < 1.29 is 23.1 Å². The minimum Gasteiger partial charge on any atom is -0.488 e. The van der Waals surface area contributed by atoms with Crippen LogP contribution in [0, 0.1) is 5.82 Å². The van der Waals surface area contributed by atoms with E-state index in [4.69, 9.17) is 19.6 Å². The zero-order valence-corrected chi connectivity index (χ0v) is 17.8. The van der Waals surface area contributed by atoms with Gasteiger partial charge in [0.1, 0.15) is 23.8 Å². The molecule has 0 saturated heterocycles. The van der Waals surface area contributed by atoms with E-state index >= 15 is 0 Å². The van der Waals surface area contributed by atoms with Crippen molar-refractivity contribution in [2.75, 3.05) is 6.61 Å². The molecule has 1 aromatic heterocycles. The molecular weight excluding hydrogens is 409 g/mol. The van der Waals surface area contributed by atoms with Gasteiger partial charge in [0.05, 0.1) is 19.3 Å². The minimum absolute atomic E-state index is 0.0152. The molecule has 0 aliphatic rings. The van der Waals surface area contributed by atoms with Crippen molar-refractivity contribution in [3.05, 3.63) is 89.4 Å². The molecule has 1 heterocycles. The van der Waals surface area contributed by atoms with Crippen molar-refractivity contribution in [1.82, 2.24) is 0 Å². The van der Waals surface area contributed by atoms with Gasteiger partial charge in [-0.05, 0) is 53.9 Å². The molecule has 6 heteroatoms. The molecule has 4 aromatic rings. The highest BCUT2D eigenvalue weighted by molar-refractivity contribution is 5.93. The summed E-state index contributed by atoms with van der Waals surface area (Å²) in [4.78, 5) is 11.9. The second-order valence-electron chi connectivity index (χ2n) is 7.41. The Morgan fingerprint density at radius 2 is 1.94 bits per heavy atom. The van der Waals surface area contributed by atoms with E-state index in [1.807, 2.05) is 42.5 Å². The van der Waals surface area contributed by atoms with E-state index in [9.17, 15) is 9.18 Å². The minimum atomic E-state index is -0.433. The van der Waals surface area contributed by atoms with Gasteiger partial charge in [-0.15, -0.1) is 0 Å². The summed E-state index contributed by atoms with van der Waals surface area (Å²) in [6.07, 6.45) is 1.66. The number of hydrogen-bond acceptors (Lipinski definition) is 5. The molecule has 0 unspecified atom stereocenters. The standard InChI is InChI=1S/C26H24FNO4/c1-2-30-25(29)13-20-6-7-22(27)14-24(20)32-16-18-11-21-8-9-31-26(21)23(12-18)19-5-3-4-17(10-19)15-28/h3-12,14H,2,13,15-16,28H2,1H3. The van der Waals surface area contributed by atoms with E-state index in [-0.39, 0.29) is 25.6 Å². The Hall–Kier alpha value is -3.64. The average Bonchev–Trinajstić information content (AvgIpc) is 3.27. The van der Waals surface area contributed by atoms with Gasteiger partial charge in [-0.1, -0.05) is 24.3 Å². The van der Waals surface area contributed by atoms with Crippen LogP contribution in [-0.4, -0.2) is 12.6 Å². The number of hydrogen-bond donors (Lipinski definition) is 1. The fourth-order valence-electron chi connectivity index (χ4n) is 3.65. The van der Waals surface area contributed by atoms with Gasteiger partial charge in [-0.2, -0.15) is 0 Å². The summed E-state index contributed by atoms with van der Waals surface area (Å²) in [7, 11) is 0. The topological polar surface area (TPSA) is 74.7 Å². The lowest BCUT2D eigenvalue weighted by atomic mass is 9.99. The third-order valence-corrected chi connectivity index (χ3v) is 5.15. The van der Waals surface area contributed by atoms with E-state index in [1.165, 1.54) is 12.1 Å². The number of halogens is 1. The van der Waals surface area contributed by atoms with Crippen LogP contribution in [0.5, 0.6) is 5.75 Å². The normalized spacial score (nSPS) is 11.0. The molecule has 2 N–H and O–H groups in total. The van der Waals surface area contributed by atoms with E-state index < -0.39 is 5.82 Å². The van der Waals surface area contributed by atoms with E-state index in [2.05, 4.69) is 0 Å². The predicted octanol–water partition coefficient (Wildman–Crippen LogP) is 5.38. The second kappa shape index (κ2) is 9.66. The molecule has 0 saturated carbocycles. The summed E-state index contributed by atoms with van der Waals surface area (Å²) < 4.78 is 30.5. The first kappa shape index (κ1) is 21.6. The summed E-state index contributed by atoms with van der Waals surface area (Å²) in [5.74, 6) is -0.500. The van der Waals surface area contributed by atoms with Crippen molar-refractivity contribution in [2.24, 2.45) is 5.73 Å². The van der Waals surface area contributed by atoms with E-state index in [0.29, 0.717) is 17.9 Å². The molecule has 0 amide bonds. The predicted molar refractivity (Wildman–Crippen MR) is 121 cm³/mol. The number of esters is 1. The summed E-state index contributed by atoms with van der Waals surface area (Å²) in [6.45, 7) is 2.67. The molecule has 0 aliphatic carbocycles. The zero-order valence-electron chi connectivity index (χ0n) is 17.8. The maximum absolute atomic E-state index is 13.9. The first-order chi connectivity index (χ1) is 15.6. The van der Waals surface area contributed by atoms with Crippen molar-refractivity contribution in [2.45, 2.75) is 26.5 Å². The van der Waals surface area contributed by atoms with E-state index in [1.54, 1.807) is 19.3 Å². The summed E-state index contributed by atoms with van der Waals surface area (Å²) >= 11 is 0. The molecule has 32 heavy (non-hydrogen) atoms. The number of nitrogens with two attached hydrogens (primary N) is 1. The number of ether oxygens (including phenoxy) is 2. The van der Waals surface area contributed by atoms with Gasteiger partial charge in [0.15, 0.2) is 0 Å². The quantitative estimate of drug-likeness (QED) is 0.378. The Kier molecular flexibility index (Phi) is 6.52. The molecule has 3 aromatic carbocycles. The lowest BCUT2D eigenvalue weighted by molar-refractivity contribution is -0.142. The van der Waals surface area contributed by atoms with Gasteiger partial charge in [0.25, 0.3) is 0 Å². The van der Waals surface area contributed by atoms with Crippen LogP contribution < -0.4 is 10.5 Å². The summed E-state index contributed by atoms with van der Waals surface area (Å²) in [5, 5.41) is 0.935. The number of benzene rings is 3. The third kappa shape index (κ3) is 4.81.